The van der Waals surface area contributed by atoms with Crippen LogP contribution in [0.3, 0.4) is 0 Å². The molecule has 6 nitrogen and oxygen atoms in total. The van der Waals surface area contributed by atoms with Gasteiger partial charge in [-0.2, -0.15) is 0 Å². The first kappa shape index (κ1) is 78.1. The van der Waals surface area contributed by atoms with Gasteiger partial charge >= 0.3 is 17.9 Å². The van der Waals surface area contributed by atoms with E-state index in [2.05, 4.69) is 130 Å². The zero-order valence-electron chi connectivity index (χ0n) is 54.0. The van der Waals surface area contributed by atoms with Gasteiger partial charge in [-0.15, -0.1) is 0 Å². The molecular weight excluding hydrogens is 1010 g/mol. The van der Waals surface area contributed by atoms with Gasteiger partial charge in [-0.1, -0.05) is 323 Å². The Bertz CT molecular complexity index is 1640. The zero-order chi connectivity index (χ0) is 59.2. The van der Waals surface area contributed by atoms with Crippen LogP contribution >= 0.6 is 0 Å². The highest BCUT2D eigenvalue weighted by molar-refractivity contribution is 5.71. The molecule has 0 aliphatic carbocycles. The Morgan fingerprint density at radius 2 is 0.476 bits per heavy atom. The Kier molecular flexibility index (Phi) is 66.2. The van der Waals surface area contributed by atoms with Gasteiger partial charge < -0.3 is 14.2 Å². The van der Waals surface area contributed by atoms with E-state index >= 15 is 0 Å². The van der Waals surface area contributed by atoms with Crippen LogP contribution in [0.1, 0.15) is 335 Å². The third kappa shape index (κ3) is 66.9. The molecule has 0 saturated heterocycles. The molecule has 0 N–H and O–H groups in total. The van der Waals surface area contributed by atoms with Crippen LogP contribution in [0, 0.1) is 0 Å². The fourth-order valence-electron chi connectivity index (χ4n) is 9.88. The number of hydrogen-bond acceptors (Lipinski definition) is 6. The molecule has 0 heterocycles. The first-order chi connectivity index (χ1) is 40.5. The summed E-state index contributed by atoms with van der Waals surface area (Å²) in [7, 11) is 0. The molecule has 0 spiro atoms. The molecule has 6 heteroatoms. The predicted molar refractivity (Wildman–Crippen MR) is 357 cm³/mol. The van der Waals surface area contributed by atoms with Crippen LogP contribution in [-0.2, 0) is 28.6 Å². The van der Waals surface area contributed by atoms with Crippen molar-refractivity contribution in [3.8, 4) is 0 Å². The van der Waals surface area contributed by atoms with Crippen LogP contribution in [0.4, 0.5) is 0 Å². The van der Waals surface area contributed by atoms with Crippen LogP contribution in [-0.4, -0.2) is 37.2 Å². The number of unbranched alkanes of at least 4 members (excludes halogenated alkanes) is 34. The van der Waals surface area contributed by atoms with Gasteiger partial charge in [0.2, 0.25) is 0 Å². The number of carbonyl (C=O) groups excluding carboxylic acids is 3. The number of ether oxygens (including phenoxy) is 3. The Balaban J connectivity index is 4.37. The summed E-state index contributed by atoms with van der Waals surface area (Å²) in [6.07, 6.45) is 95.3. The second-order valence-electron chi connectivity index (χ2n) is 23.0. The molecule has 0 aromatic rings. The summed E-state index contributed by atoms with van der Waals surface area (Å²) in [5.41, 5.74) is 0. The van der Waals surface area contributed by atoms with Gasteiger partial charge in [-0.3, -0.25) is 14.4 Å². The van der Waals surface area contributed by atoms with E-state index in [-0.39, 0.29) is 31.1 Å². The summed E-state index contributed by atoms with van der Waals surface area (Å²) < 4.78 is 17.0. The first-order valence-corrected chi connectivity index (χ1v) is 34.9. The second-order valence-corrected chi connectivity index (χ2v) is 23.0. The topological polar surface area (TPSA) is 78.9 Å². The van der Waals surface area contributed by atoms with Crippen molar-refractivity contribution in [3.63, 3.8) is 0 Å². The third-order valence-electron chi connectivity index (χ3n) is 15.0. The van der Waals surface area contributed by atoms with Crippen LogP contribution in [0.25, 0.3) is 0 Å². The Morgan fingerprint density at radius 3 is 0.744 bits per heavy atom. The maximum Gasteiger partial charge on any atom is 0.306 e. The summed E-state index contributed by atoms with van der Waals surface area (Å²) in [5, 5.41) is 0. The SMILES string of the molecule is CC/C=C\C/C=C\C/C=C\C/C=C\C/C=C\CCCCCCCCCCCC(=O)OCC(COC(=O)CCCCCCCCCCCCCCCCCC)OC(=O)CCCCCCCCCCCC/C=C\C/C=C\C/C=C\C/C=C\CC. The van der Waals surface area contributed by atoms with Crippen LogP contribution in [0.15, 0.2) is 109 Å². The van der Waals surface area contributed by atoms with Crippen molar-refractivity contribution in [1.29, 1.82) is 0 Å². The van der Waals surface area contributed by atoms with Crippen molar-refractivity contribution in [2.75, 3.05) is 13.2 Å². The highest BCUT2D eigenvalue weighted by atomic mass is 16.6. The fraction of sp³-hybridized carbons (Fsp3) is 0.724. The Morgan fingerprint density at radius 1 is 0.256 bits per heavy atom. The minimum absolute atomic E-state index is 0.0788. The molecule has 0 aliphatic rings. The van der Waals surface area contributed by atoms with Gasteiger partial charge in [0.25, 0.3) is 0 Å². The molecule has 0 aromatic heterocycles. The van der Waals surface area contributed by atoms with E-state index < -0.39 is 6.10 Å². The lowest BCUT2D eigenvalue weighted by Gasteiger charge is -2.18. The van der Waals surface area contributed by atoms with E-state index in [1.807, 2.05) is 0 Å². The number of rotatable bonds is 63. The summed E-state index contributed by atoms with van der Waals surface area (Å²) in [6, 6.07) is 0. The van der Waals surface area contributed by atoms with E-state index in [0.717, 1.165) is 122 Å². The molecular formula is C76H130O6. The minimum Gasteiger partial charge on any atom is -0.462 e. The molecule has 0 amide bonds. The summed E-state index contributed by atoms with van der Waals surface area (Å²) in [6.45, 7) is 6.45. The molecule has 0 aliphatic heterocycles. The maximum absolute atomic E-state index is 13.0. The summed E-state index contributed by atoms with van der Waals surface area (Å²) in [5.74, 6) is -0.874. The van der Waals surface area contributed by atoms with E-state index in [1.165, 1.54) is 173 Å². The first-order valence-electron chi connectivity index (χ1n) is 34.9. The maximum atomic E-state index is 13.0. The lowest BCUT2D eigenvalue weighted by Crippen LogP contribution is -2.30. The monoisotopic (exact) mass is 1140 g/mol. The fourth-order valence-corrected chi connectivity index (χ4v) is 9.88. The van der Waals surface area contributed by atoms with E-state index in [9.17, 15) is 14.4 Å². The van der Waals surface area contributed by atoms with Crippen molar-refractivity contribution >= 4 is 17.9 Å². The average molecular weight is 1140 g/mol. The van der Waals surface area contributed by atoms with Gasteiger partial charge in [0.15, 0.2) is 6.10 Å². The average Bonchev–Trinajstić information content (AvgIpc) is 3.47. The van der Waals surface area contributed by atoms with Crippen molar-refractivity contribution in [2.24, 2.45) is 0 Å². The Labute approximate surface area is 508 Å². The summed E-state index contributed by atoms with van der Waals surface area (Å²) >= 11 is 0. The molecule has 82 heavy (non-hydrogen) atoms. The minimum atomic E-state index is -0.785. The summed E-state index contributed by atoms with van der Waals surface area (Å²) in [4.78, 5) is 38.5. The van der Waals surface area contributed by atoms with Gasteiger partial charge in [0.1, 0.15) is 13.2 Å². The lowest BCUT2D eigenvalue weighted by atomic mass is 10.0. The molecule has 1 atom stereocenters. The van der Waals surface area contributed by atoms with Crippen LogP contribution < -0.4 is 0 Å². The van der Waals surface area contributed by atoms with Gasteiger partial charge in [-0.05, 0) is 103 Å². The number of esters is 3. The molecule has 0 aromatic carbocycles. The molecule has 0 rings (SSSR count). The van der Waals surface area contributed by atoms with Crippen molar-refractivity contribution in [2.45, 2.75) is 341 Å². The molecule has 0 fully saturated rings. The molecule has 1 unspecified atom stereocenters. The zero-order valence-corrected chi connectivity index (χ0v) is 54.0. The molecule has 0 saturated carbocycles. The number of carbonyl (C=O) groups is 3. The third-order valence-corrected chi connectivity index (χ3v) is 15.0. The highest BCUT2D eigenvalue weighted by Gasteiger charge is 2.19. The normalized spacial score (nSPS) is 12.8. The standard InChI is InChI=1S/C76H130O6/c1-4-7-10-13-16-19-22-25-28-31-33-35-37-38-40-41-43-45-48-51-54-57-60-63-66-69-75(78)81-72-73(71-80-74(77)68-65-62-59-56-53-50-47-30-27-24-21-18-15-12-9-6-3)82-76(79)70-67-64-61-58-55-52-49-46-44-42-39-36-34-32-29-26-23-20-17-14-11-8-5-2/h7-8,10-11,16-17,19-20,25-26,28-29,33-36,38,40,73H,4-6,9,12-15,18,21-24,27,30-32,37,39,41-72H2,1-3H3/b10-7-,11-8-,19-16-,20-17-,28-25-,29-26-,35-33-,36-34-,40-38-. The van der Waals surface area contributed by atoms with E-state index in [1.54, 1.807) is 0 Å². The van der Waals surface area contributed by atoms with Crippen molar-refractivity contribution in [1.82, 2.24) is 0 Å². The van der Waals surface area contributed by atoms with E-state index in [0.29, 0.717) is 19.3 Å². The van der Waals surface area contributed by atoms with Gasteiger partial charge in [0.05, 0.1) is 0 Å². The lowest BCUT2D eigenvalue weighted by molar-refractivity contribution is -0.167. The highest BCUT2D eigenvalue weighted by Crippen LogP contribution is 2.17. The predicted octanol–water partition coefficient (Wildman–Crippen LogP) is 24.2. The Hall–Kier alpha value is -3.93. The molecule has 0 bridgehead atoms. The largest absolute Gasteiger partial charge is 0.462 e. The van der Waals surface area contributed by atoms with Gasteiger partial charge in [-0.25, -0.2) is 0 Å². The molecule has 0 radical (unpaired) electrons. The van der Waals surface area contributed by atoms with E-state index in [4.69, 9.17) is 14.2 Å². The van der Waals surface area contributed by atoms with Crippen LogP contribution in [0.5, 0.6) is 0 Å². The second kappa shape index (κ2) is 69.6. The van der Waals surface area contributed by atoms with Crippen molar-refractivity contribution < 1.29 is 28.6 Å². The quantitative estimate of drug-likeness (QED) is 0.0261. The van der Waals surface area contributed by atoms with Crippen LogP contribution in [0.2, 0.25) is 0 Å². The van der Waals surface area contributed by atoms with Crippen molar-refractivity contribution in [3.05, 3.63) is 109 Å². The number of allylic oxidation sites excluding steroid dienone is 18. The number of hydrogen-bond donors (Lipinski definition) is 0. The molecule has 470 valence electrons. The smallest absolute Gasteiger partial charge is 0.306 e. The van der Waals surface area contributed by atoms with Gasteiger partial charge in [0, 0.05) is 19.3 Å².